The van der Waals surface area contributed by atoms with E-state index in [9.17, 15) is 8.78 Å². The third-order valence-corrected chi connectivity index (χ3v) is 2.91. The van der Waals surface area contributed by atoms with E-state index in [-0.39, 0.29) is 6.54 Å². The van der Waals surface area contributed by atoms with Crippen LogP contribution in [0.1, 0.15) is 18.9 Å². The molecule has 0 spiro atoms. The first-order chi connectivity index (χ1) is 8.98. The van der Waals surface area contributed by atoms with Crippen LogP contribution in [0.15, 0.2) is 22.7 Å². The fourth-order valence-corrected chi connectivity index (χ4v) is 1.88. The highest BCUT2D eigenvalue weighted by Crippen LogP contribution is 2.23. The van der Waals surface area contributed by atoms with Crippen LogP contribution >= 0.6 is 15.9 Å². The first-order valence-corrected chi connectivity index (χ1v) is 6.88. The van der Waals surface area contributed by atoms with Crippen LogP contribution in [-0.4, -0.2) is 30.8 Å². The van der Waals surface area contributed by atoms with Gasteiger partial charge in [-0.1, -0.05) is 22.9 Å². The normalized spacial score (nSPS) is 11.6. The van der Waals surface area contributed by atoms with Crippen molar-refractivity contribution in [1.29, 1.82) is 0 Å². The van der Waals surface area contributed by atoms with Crippen molar-refractivity contribution in [3.05, 3.63) is 28.2 Å². The number of hydrogen-bond acceptors (Lipinski definition) is 3. The lowest BCUT2D eigenvalue weighted by Crippen LogP contribution is -2.35. The second-order valence-corrected chi connectivity index (χ2v) is 5.13. The van der Waals surface area contributed by atoms with E-state index in [1.54, 1.807) is 6.07 Å². The summed E-state index contributed by atoms with van der Waals surface area (Å²) in [6, 6.07) is 5.48. The molecule has 0 amide bonds. The molecule has 1 aromatic rings. The zero-order valence-corrected chi connectivity index (χ0v) is 12.3. The fourth-order valence-electron chi connectivity index (χ4n) is 1.47. The van der Waals surface area contributed by atoms with Crippen molar-refractivity contribution in [3.8, 4) is 5.75 Å². The highest BCUT2D eigenvalue weighted by Gasteiger charge is 2.26. The molecular formula is C13H18BrF2NO2. The van der Waals surface area contributed by atoms with Gasteiger partial charge in [-0.05, 0) is 24.6 Å². The van der Waals surface area contributed by atoms with Crippen molar-refractivity contribution in [1.82, 2.24) is 5.32 Å². The molecule has 0 aromatic heterocycles. The lowest BCUT2D eigenvalue weighted by atomic mass is 10.2. The number of benzene rings is 1. The average Bonchev–Trinajstić information content (AvgIpc) is 2.38. The number of rotatable bonds is 8. The molecule has 0 aliphatic heterocycles. The van der Waals surface area contributed by atoms with E-state index in [1.807, 2.05) is 19.1 Å². The van der Waals surface area contributed by atoms with Crippen LogP contribution < -0.4 is 10.1 Å². The largest absolute Gasteiger partial charge is 0.493 e. The van der Waals surface area contributed by atoms with E-state index in [1.165, 1.54) is 0 Å². The molecule has 0 aliphatic rings. The van der Waals surface area contributed by atoms with Gasteiger partial charge in [0.2, 0.25) is 0 Å². The third-order valence-electron chi connectivity index (χ3n) is 2.41. The van der Waals surface area contributed by atoms with E-state index in [0.29, 0.717) is 12.4 Å². The van der Waals surface area contributed by atoms with Gasteiger partial charge in [0.05, 0.1) is 13.2 Å². The van der Waals surface area contributed by atoms with E-state index in [0.717, 1.165) is 16.5 Å². The van der Waals surface area contributed by atoms with Crippen molar-refractivity contribution < 1.29 is 18.6 Å². The van der Waals surface area contributed by atoms with Gasteiger partial charge < -0.3 is 15.2 Å². The Kier molecular flexibility index (Phi) is 6.68. The van der Waals surface area contributed by atoms with Crippen molar-refractivity contribution in [2.24, 2.45) is 0 Å². The van der Waals surface area contributed by atoms with Crippen molar-refractivity contribution in [3.63, 3.8) is 0 Å². The van der Waals surface area contributed by atoms with E-state index < -0.39 is 19.1 Å². The maximum absolute atomic E-state index is 12.9. The smallest absolute Gasteiger partial charge is 0.282 e. The Balaban J connectivity index is 2.62. The predicted octanol–water partition coefficient (Wildman–Crippen LogP) is 2.96. The highest BCUT2D eigenvalue weighted by molar-refractivity contribution is 9.10. The Hall–Kier alpha value is -0.720. The molecule has 19 heavy (non-hydrogen) atoms. The number of nitrogens with one attached hydrogen (secondary N) is 1. The molecule has 6 heteroatoms. The summed E-state index contributed by atoms with van der Waals surface area (Å²) >= 11 is 3.34. The molecule has 0 radical (unpaired) electrons. The summed E-state index contributed by atoms with van der Waals surface area (Å²) in [4.78, 5) is 0. The summed E-state index contributed by atoms with van der Waals surface area (Å²) in [6.07, 6.45) is 0.880. The second-order valence-electron chi connectivity index (χ2n) is 4.22. The minimum atomic E-state index is -3.10. The monoisotopic (exact) mass is 337 g/mol. The summed E-state index contributed by atoms with van der Waals surface area (Å²) in [5.74, 6) is -2.42. The van der Waals surface area contributed by atoms with Gasteiger partial charge in [-0.3, -0.25) is 0 Å². The molecule has 108 valence electrons. The number of aliphatic hydroxyl groups is 1. The quantitative estimate of drug-likeness (QED) is 0.766. The molecule has 1 rings (SSSR count). The van der Waals surface area contributed by atoms with Gasteiger partial charge in [-0.2, -0.15) is 0 Å². The first kappa shape index (κ1) is 16.3. The molecular weight excluding hydrogens is 320 g/mol. The van der Waals surface area contributed by atoms with Gasteiger partial charge in [0.1, 0.15) is 12.4 Å². The van der Waals surface area contributed by atoms with Crippen LogP contribution in [0, 0.1) is 0 Å². The summed E-state index contributed by atoms with van der Waals surface area (Å²) in [5, 5.41) is 11.1. The molecule has 0 aliphatic carbocycles. The number of hydrogen-bond donors (Lipinski definition) is 2. The molecule has 3 nitrogen and oxygen atoms in total. The van der Waals surface area contributed by atoms with Gasteiger partial charge in [0.25, 0.3) is 5.92 Å². The Morgan fingerprint density at radius 3 is 2.79 bits per heavy atom. The molecule has 0 saturated carbocycles. The van der Waals surface area contributed by atoms with E-state index in [4.69, 9.17) is 9.84 Å². The summed E-state index contributed by atoms with van der Waals surface area (Å²) in [5.41, 5.74) is 0.802. The molecule has 1 aromatic carbocycles. The molecule has 0 unspecified atom stereocenters. The Bertz CT molecular complexity index is 402. The number of aliphatic hydroxyl groups excluding tert-OH is 1. The third kappa shape index (κ3) is 5.84. The zero-order chi connectivity index (χ0) is 14.3. The maximum atomic E-state index is 12.9. The van der Waals surface area contributed by atoms with E-state index >= 15 is 0 Å². The number of alkyl halides is 2. The molecule has 0 bridgehead atoms. The molecule has 0 atom stereocenters. The van der Waals surface area contributed by atoms with Crippen LogP contribution in [0.5, 0.6) is 5.75 Å². The van der Waals surface area contributed by atoms with Crippen molar-refractivity contribution in [2.45, 2.75) is 25.8 Å². The van der Waals surface area contributed by atoms with Gasteiger partial charge in [0, 0.05) is 16.6 Å². The van der Waals surface area contributed by atoms with Gasteiger partial charge >= 0.3 is 0 Å². The topological polar surface area (TPSA) is 41.5 Å². The zero-order valence-electron chi connectivity index (χ0n) is 10.8. The number of ether oxygens (including phenoxy) is 1. The van der Waals surface area contributed by atoms with Crippen LogP contribution in [0.3, 0.4) is 0 Å². The standard InChI is InChI=1S/C13H18BrF2NO2/c1-2-5-19-12-4-3-11(14)6-10(12)7-17-8-13(15,16)9-18/h3-4,6,17-18H,2,5,7-9H2,1H3. The highest BCUT2D eigenvalue weighted by atomic mass is 79.9. The Morgan fingerprint density at radius 1 is 1.42 bits per heavy atom. The van der Waals surface area contributed by atoms with Crippen LogP contribution in [0.2, 0.25) is 0 Å². The van der Waals surface area contributed by atoms with Crippen LogP contribution in [0.4, 0.5) is 8.78 Å². The molecule has 0 saturated heterocycles. The van der Waals surface area contributed by atoms with Crippen LogP contribution in [-0.2, 0) is 6.54 Å². The SMILES string of the molecule is CCCOc1ccc(Br)cc1CNCC(F)(F)CO. The van der Waals surface area contributed by atoms with Gasteiger partial charge in [0.15, 0.2) is 0 Å². The van der Waals surface area contributed by atoms with Gasteiger partial charge in [-0.15, -0.1) is 0 Å². The predicted molar refractivity (Wildman–Crippen MR) is 73.7 cm³/mol. The molecule has 0 heterocycles. The average molecular weight is 338 g/mol. The summed E-state index contributed by atoms with van der Waals surface area (Å²) < 4.78 is 32.2. The van der Waals surface area contributed by atoms with Crippen molar-refractivity contribution in [2.75, 3.05) is 19.8 Å². The molecule has 0 fully saturated rings. The minimum Gasteiger partial charge on any atom is -0.493 e. The molecule has 2 N–H and O–H groups in total. The Morgan fingerprint density at radius 2 is 2.16 bits per heavy atom. The Labute approximate surface area is 120 Å². The number of halogens is 3. The first-order valence-electron chi connectivity index (χ1n) is 6.09. The summed E-state index contributed by atoms with van der Waals surface area (Å²) in [6.45, 7) is 1.12. The second kappa shape index (κ2) is 7.77. The summed E-state index contributed by atoms with van der Waals surface area (Å²) in [7, 11) is 0. The fraction of sp³-hybridized carbons (Fsp3) is 0.538. The maximum Gasteiger partial charge on any atom is 0.282 e. The van der Waals surface area contributed by atoms with Crippen LogP contribution in [0.25, 0.3) is 0 Å². The minimum absolute atomic E-state index is 0.258. The lowest BCUT2D eigenvalue weighted by Gasteiger charge is -2.16. The van der Waals surface area contributed by atoms with E-state index in [2.05, 4.69) is 21.2 Å². The van der Waals surface area contributed by atoms with Gasteiger partial charge in [-0.25, -0.2) is 8.78 Å². The van der Waals surface area contributed by atoms with Crippen molar-refractivity contribution >= 4 is 15.9 Å². The lowest BCUT2D eigenvalue weighted by molar-refractivity contribution is -0.0478.